The average Bonchev–Trinajstić information content (AvgIpc) is 3.29. The van der Waals surface area contributed by atoms with Gasteiger partial charge < -0.3 is 15.1 Å². The van der Waals surface area contributed by atoms with Gasteiger partial charge in [-0.15, -0.1) is 0 Å². The molecule has 2 aliphatic rings. The van der Waals surface area contributed by atoms with Crippen molar-refractivity contribution in [2.75, 3.05) is 5.73 Å². The van der Waals surface area contributed by atoms with Crippen LogP contribution in [0.25, 0.3) is 22.4 Å². The second kappa shape index (κ2) is 7.13. The molecule has 0 unspecified atom stereocenters. The first-order valence-corrected chi connectivity index (χ1v) is 10.9. The van der Waals surface area contributed by atoms with Crippen LogP contribution in [0.3, 0.4) is 0 Å². The number of piperidine rings is 1. The van der Waals surface area contributed by atoms with E-state index in [1.807, 2.05) is 4.90 Å². The Morgan fingerprint density at radius 3 is 2.73 bits per heavy atom. The Morgan fingerprint density at radius 1 is 1.15 bits per heavy atom. The van der Waals surface area contributed by atoms with Gasteiger partial charge in [0.25, 0.3) is 11.9 Å². The Bertz CT molecular complexity index is 1410. The normalized spacial score (nSPS) is 19.7. The number of benzene rings is 2. The van der Waals surface area contributed by atoms with Crippen LogP contribution in [0.4, 0.5) is 14.8 Å². The zero-order valence-electron chi connectivity index (χ0n) is 17.9. The van der Waals surface area contributed by atoms with Gasteiger partial charge in [0.05, 0.1) is 17.4 Å². The van der Waals surface area contributed by atoms with Crippen LogP contribution >= 0.6 is 0 Å². The van der Waals surface area contributed by atoms with E-state index in [9.17, 15) is 13.6 Å². The van der Waals surface area contributed by atoms with Crippen molar-refractivity contribution >= 4 is 23.0 Å². The third-order valence-corrected chi connectivity index (χ3v) is 6.70. The molecule has 4 heterocycles. The highest BCUT2D eigenvalue weighted by atomic mass is 19.1. The van der Waals surface area contributed by atoms with E-state index in [1.165, 1.54) is 12.1 Å². The molecule has 0 spiro atoms. The smallest absolute Gasteiger partial charge is 0.292 e. The maximum Gasteiger partial charge on any atom is 0.292 e. The van der Waals surface area contributed by atoms with Gasteiger partial charge in [0.15, 0.2) is 5.58 Å². The van der Waals surface area contributed by atoms with E-state index in [2.05, 4.69) is 4.98 Å². The highest BCUT2D eigenvalue weighted by Crippen LogP contribution is 2.45. The lowest BCUT2D eigenvalue weighted by Gasteiger charge is -2.45. The molecule has 9 heteroatoms. The first-order chi connectivity index (χ1) is 15.9. The summed E-state index contributed by atoms with van der Waals surface area (Å²) >= 11 is 0. The summed E-state index contributed by atoms with van der Waals surface area (Å²) < 4.78 is 35.0. The highest BCUT2D eigenvalue weighted by Gasteiger charge is 2.43. The van der Waals surface area contributed by atoms with Gasteiger partial charge in [0.1, 0.15) is 17.2 Å². The van der Waals surface area contributed by atoms with Crippen LogP contribution in [0.5, 0.6) is 0 Å². The summed E-state index contributed by atoms with van der Waals surface area (Å²) in [6.45, 7) is 0. The van der Waals surface area contributed by atoms with E-state index in [1.54, 1.807) is 29.9 Å². The van der Waals surface area contributed by atoms with Gasteiger partial charge >= 0.3 is 0 Å². The summed E-state index contributed by atoms with van der Waals surface area (Å²) in [4.78, 5) is 19.6. The van der Waals surface area contributed by atoms with Crippen LogP contribution in [-0.4, -0.2) is 31.6 Å². The molecule has 1 amide bonds. The number of nitrogens with zero attached hydrogens (tertiary/aromatic N) is 4. The van der Waals surface area contributed by atoms with Crippen molar-refractivity contribution < 1.29 is 18.0 Å². The molecular formula is C24H21F2N5O2. The topological polar surface area (TPSA) is 90.2 Å². The minimum atomic E-state index is -0.629. The Kier molecular flexibility index (Phi) is 4.30. The number of carbonyl (C=O) groups is 1. The average molecular weight is 449 g/mol. The summed E-state index contributed by atoms with van der Waals surface area (Å²) in [6, 6.07) is 8.48. The Balaban J connectivity index is 1.42. The second-order valence-electron chi connectivity index (χ2n) is 8.75. The fourth-order valence-electron chi connectivity index (χ4n) is 5.43. The number of carbonyl (C=O) groups excluding carboxylic acids is 1. The van der Waals surface area contributed by atoms with Crippen molar-refractivity contribution in [2.45, 2.75) is 37.8 Å². The second-order valence-corrected chi connectivity index (χ2v) is 8.75. The SMILES string of the molecule is Cn1nc2c(c1-c1cc(F)cc(F)c1)C[C@@H]1CCC[C@H]2N1C(=O)c1ccc2nc(N)oc2c1. The van der Waals surface area contributed by atoms with Crippen LogP contribution in [-0.2, 0) is 13.5 Å². The van der Waals surface area contributed by atoms with Gasteiger partial charge in [-0.05, 0) is 56.0 Å². The lowest BCUT2D eigenvalue weighted by Crippen LogP contribution is -2.49. The van der Waals surface area contributed by atoms with E-state index in [-0.39, 0.29) is 24.0 Å². The number of hydrogen-bond acceptors (Lipinski definition) is 5. The third-order valence-electron chi connectivity index (χ3n) is 6.70. The number of oxazole rings is 1. The first-order valence-electron chi connectivity index (χ1n) is 10.9. The van der Waals surface area contributed by atoms with Crippen LogP contribution in [0.1, 0.15) is 46.9 Å². The van der Waals surface area contributed by atoms with Crippen molar-refractivity contribution in [1.82, 2.24) is 19.7 Å². The van der Waals surface area contributed by atoms with Crippen molar-refractivity contribution in [3.05, 3.63) is 64.9 Å². The number of rotatable bonds is 2. The molecule has 2 atom stereocenters. The lowest BCUT2D eigenvalue weighted by atomic mass is 9.81. The monoisotopic (exact) mass is 449 g/mol. The van der Waals surface area contributed by atoms with E-state index in [0.717, 1.165) is 36.6 Å². The number of aryl methyl sites for hydroxylation is 1. The summed E-state index contributed by atoms with van der Waals surface area (Å²) in [5, 5.41) is 4.72. The number of fused-ring (bicyclic) bond motifs is 5. The van der Waals surface area contributed by atoms with Crippen molar-refractivity contribution in [3.8, 4) is 11.3 Å². The summed E-state index contributed by atoms with van der Waals surface area (Å²) in [7, 11) is 1.77. The van der Waals surface area contributed by atoms with Gasteiger partial charge in [0, 0.05) is 35.8 Å². The minimum Gasteiger partial charge on any atom is -0.424 e. The molecular weight excluding hydrogens is 428 g/mol. The molecule has 2 aromatic carbocycles. The molecule has 0 aliphatic carbocycles. The molecule has 4 aromatic rings. The zero-order chi connectivity index (χ0) is 22.9. The van der Waals surface area contributed by atoms with E-state index in [4.69, 9.17) is 15.2 Å². The molecule has 2 aliphatic heterocycles. The van der Waals surface area contributed by atoms with E-state index >= 15 is 0 Å². The van der Waals surface area contributed by atoms with Gasteiger partial charge in [-0.2, -0.15) is 10.1 Å². The number of anilines is 1. The van der Waals surface area contributed by atoms with Crippen molar-refractivity contribution in [1.29, 1.82) is 0 Å². The van der Waals surface area contributed by atoms with Gasteiger partial charge in [0.2, 0.25) is 0 Å². The van der Waals surface area contributed by atoms with Crippen LogP contribution < -0.4 is 5.73 Å². The van der Waals surface area contributed by atoms with Crippen molar-refractivity contribution in [2.24, 2.45) is 7.05 Å². The minimum absolute atomic E-state index is 0.0272. The van der Waals surface area contributed by atoms with Gasteiger partial charge in [-0.3, -0.25) is 9.48 Å². The molecule has 2 bridgehead atoms. The molecule has 1 saturated heterocycles. The highest BCUT2D eigenvalue weighted by molar-refractivity contribution is 5.98. The summed E-state index contributed by atoms with van der Waals surface area (Å²) in [6.07, 6.45) is 3.19. The molecule has 168 valence electrons. The molecule has 7 nitrogen and oxygen atoms in total. The Hall–Kier alpha value is -3.75. The zero-order valence-corrected chi connectivity index (χ0v) is 17.9. The Morgan fingerprint density at radius 2 is 1.94 bits per heavy atom. The first kappa shape index (κ1) is 19.9. The molecule has 2 N–H and O–H groups in total. The largest absolute Gasteiger partial charge is 0.424 e. The number of nitrogens with two attached hydrogens (primary N) is 1. The van der Waals surface area contributed by atoms with E-state index in [0.29, 0.717) is 34.3 Å². The molecule has 0 saturated carbocycles. The van der Waals surface area contributed by atoms with Crippen LogP contribution in [0.2, 0.25) is 0 Å². The molecule has 0 radical (unpaired) electrons. The molecule has 6 rings (SSSR count). The number of amides is 1. The van der Waals surface area contributed by atoms with Crippen molar-refractivity contribution in [3.63, 3.8) is 0 Å². The summed E-state index contributed by atoms with van der Waals surface area (Å²) in [5.74, 6) is -1.36. The van der Waals surface area contributed by atoms with Crippen LogP contribution in [0.15, 0.2) is 40.8 Å². The standard InChI is InChI=1S/C24H21F2N5O2/c1-30-22(13-7-14(25)10-15(26)8-13)17-11-16-3-2-4-19(21(17)29-30)31(16)23(32)12-5-6-18-20(9-12)33-24(27)28-18/h5-10,16,19H,2-4,11H2,1H3,(H2,27,28)/t16-,19+/m0/s1. The Labute approximate surface area is 187 Å². The predicted octanol–water partition coefficient (Wildman–Crippen LogP) is 4.38. The fraction of sp³-hybridized carbons (Fsp3) is 0.292. The number of hydrogen-bond donors (Lipinski definition) is 1. The molecule has 1 fully saturated rings. The molecule has 33 heavy (non-hydrogen) atoms. The lowest BCUT2D eigenvalue weighted by molar-refractivity contribution is 0.0392. The van der Waals surface area contributed by atoms with E-state index < -0.39 is 11.6 Å². The van der Waals surface area contributed by atoms with Crippen LogP contribution in [0, 0.1) is 11.6 Å². The maximum absolute atomic E-state index is 13.9. The van der Waals surface area contributed by atoms with Gasteiger partial charge in [-0.1, -0.05) is 0 Å². The predicted molar refractivity (Wildman–Crippen MR) is 117 cm³/mol. The third kappa shape index (κ3) is 3.10. The summed E-state index contributed by atoms with van der Waals surface area (Å²) in [5.41, 5.74) is 10.1. The number of halogens is 2. The number of aromatic nitrogens is 3. The molecule has 2 aromatic heterocycles. The number of nitrogen functional groups attached to an aromatic ring is 1. The maximum atomic E-state index is 13.9. The quantitative estimate of drug-likeness (QED) is 0.491. The fourth-order valence-corrected chi connectivity index (χ4v) is 5.43. The van der Waals surface area contributed by atoms with Gasteiger partial charge in [-0.25, -0.2) is 8.78 Å².